The average Bonchev–Trinajstić information content (AvgIpc) is 2.90. The molecule has 0 bridgehead atoms. The second-order valence-corrected chi connectivity index (χ2v) is 7.97. The average molecular weight is 460 g/mol. The summed E-state index contributed by atoms with van der Waals surface area (Å²) in [4.78, 5) is 30.7. The summed E-state index contributed by atoms with van der Waals surface area (Å²) in [7, 11) is 0. The third-order valence-electron chi connectivity index (χ3n) is 5.51. The molecule has 0 amide bonds. The van der Waals surface area contributed by atoms with Gasteiger partial charge in [0, 0.05) is 11.1 Å². The van der Waals surface area contributed by atoms with Gasteiger partial charge in [-0.3, -0.25) is 4.79 Å². The van der Waals surface area contributed by atoms with Crippen molar-refractivity contribution in [3.8, 4) is 17.1 Å². The van der Waals surface area contributed by atoms with E-state index in [4.69, 9.17) is 9.72 Å². The first-order chi connectivity index (χ1) is 17.1. The van der Waals surface area contributed by atoms with E-state index < -0.39 is 5.97 Å². The highest BCUT2D eigenvalue weighted by Gasteiger charge is 2.14. The summed E-state index contributed by atoms with van der Waals surface area (Å²) >= 11 is 0. The zero-order chi connectivity index (χ0) is 24.2. The van der Waals surface area contributed by atoms with Crippen LogP contribution in [0.2, 0.25) is 0 Å². The number of fused-ring (bicyclic) bond motifs is 1. The van der Waals surface area contributed by atoms with Crippen LogP contribution in [0.4, 0.5) is 0 Å². The molecule has 0 aliphatic carbocycles. The molecule has 6 nitrogen and oxygen atoms in total. The largest absolute Gasteiger partial charge is 0.422 e. The van der Waals surface area contributed by atoms with E-state index in [1.165, 1.54) is 10.9 Å². The minimum Gasteiger partial charge on any atom is -0.422 e. The summed E-state index contributed by atoms with van der Waals surface area (Å²) < 4.78 is 6.90. The number of aryl methyl sites for hydroxylation is 1. The van der Waals surface area contributed by atoms with Gasteiger partial charge in [0.15, 0.2) is 5.82 Å². The number of carbonyl (C=O) groups excluding carboxylic acids is 1. The Kier molecular flexibility index (Phi) is 6.01. The Morgan fingerprint density at radius 1 is 0.857 bits per heavy atom. The maximum absolute atomic E-state index is 13.4. The van der Waals surface area contributed by atoms with Gasteiger partial charge >= 0.3 is 5.97 Å². The fraction of sp³-hybridized carbons (Fsp3) is 0.0345. The molecule has 0 saturated carbocycles. The normalized spacial score (nSPS) is 11.1. The van der Waals surface area contributed by atoms with Crippen LogP contribution in [0.3, 0.4) is 0 Å². The lowest BCUT2D eigenvalue weighted by Crippen LogP contribution is -2.20. The lowest BCUT2D eigenvalue weighted by Gasteiger charge is -2.10. The van der Waals surface area contributed by atoms with Gasteiger partial charge in [-0.15, -0.1) is 0 Å². The molecule has 35 heavy (non-hydrogen) atoms. The second kappa shape index (κ2) is 9.57. The highest BCUT2D eigenvalue weighted by molar-refractivity contribution is 5.93. The number of ether oxygens (including phenoxy) is 1. The van der Waals surface area contributed by atoms with Crippen molar-refractivity contribution in [2.75, 3.05) is 0 Å². The van der Waals surface area contributed by atoms with Crippen molar-refractivity contribution in [1.29, 1.82) is 0 Å². The first-order valence-electron chi connectivity index (χ1n) is 11.1. The molecule has 5 rings (SSSR count). The van der Waals surface area contributed by atoms with Gasteiger partial charge in [0.25, 0.3) is 5.56 Å². The van der Waals surface area contributed by atoms with Crippen molar-refractivity contribution in [2.45, 2.75) is 6.92 Å². The van der Waals surface area contributed by atoms with Crippen molar-refractivity contribution in [2.24, 2.45) is 5.10 Å². The molecule has 0 radical (unpaired) electrons. The van der Waals surface area contributed by atoms with Crippen LogP contribution < -0.4 is 10.3 Å². The van der Waals surface area contributed by atoms with E-state index in [1.807, 2.05) is 49.4 Å². The Hall–Kier alpha value is -4.84. The smallest absolute Gasteiger partial charge is 0.343 e. The molecule has 0 N–H and O–H groups in total. The zero-order valence-electron chi connectivity index (χ0n) is 19.0. The van der Waals surface area contributed by atoms with Crippen LogP contribution in [-0.2, 0) is 0 Å². The minimum absolute atomic E-state index is 0.291. The highest BCUT2D eigenvalue weighted by atomic mass is 16.5. The van der Waals surface area contributed by atoms with Gasteiger partial charge in [0.1, 0.15) is 5.75 Å². The summed E-state index contributed by atoms with van der Waals surface area (Å²) in [6, 6.07) is 30.7. The Bertz CT molecular complexity index is 1600. The van der Waals surface area contributed by atoms with Crippen LogP contribution in [0, 0.1) is 6.92 Å². The number of benzene rings is 4. The molecule has 0 fully saturated rings. The molecular weight excluding hydrogens is 438 g/mol. The van der Waals surface area contributed by atoms with Crippen LogP contribution in [0.1, 0.15) is 21.5 Å². The Balaban J connectivity index is 1.58. The zero-order valence-corrected chi connectivity index (χ0v) is 19.0. The summed E-state index contributed by atoms with van der Waals surface area (Å²) in [6.45, 7) is 2.00. The van der Waals surface area contributed by atoms with E-state index in [1.54, 1.807) is 60.7 Å². The lowest BCUT2D eigenvalue weighted by molar-refractivity contribution is 0.0734. The molecule has 4 aromatic carbocycles. The van der Waals surface area contributed by atoms with E-state index in [2.05, 4.69) is 5.10 Å². The van der Waals surface area contributed by atoms with Gasteiger partial charge in [-0.1, -0.05) is 72.3 Å². The van der Waals surface area contributed by atoms with Gasteiger partial charge in [-0.25, -0.2) is 9.78 Å². The van der Waals surface area contributed by atoms with Crippen molar-refractivity contribution in [1.82, 2.24) is 9.66 Å². The maximum Gasteiger partial charge on any atom is 0.343 e. The highest BCUT2D eigenvalue weighted by Crippen LogP contribution is 2.21. The quantitative estimate of drug-likeness (QED) is 0.198. The molecule has 5 aromatic rings. The van der Waals surface area contributed by atoms with Crippen molar-refractivity contribution < 1.29 is 9.53 Å². The fourth-order valence-electron chi connectivity index (χ4n) is 3.65. The fourth-order valence-corrected chi connectivity index (χ4v) is 3.65. The monoisotopic (exact) mass is 459 g/mol. The topological polar surface area (TPSA) is 73.6 Å². The number of esters is 1. The van der Waals surface area contributed by atoms with Gasteiger partial charge in [-0.2, -0.15) is 9.78 Å². The number of hydrogen-bond donors (Lipinski definition) is 0. The standard InChI is InChI=1S/C29H21N3O3/c1-20-15-17-21(18-16-20)27-31-25-13-7-6-12-24(25)28(33)32(27)30-19-23-11-5-8-14-26(23)35-29(34)22-9-3-2-4-10-22/h2-19H,1H3. The van der Waals surface area contributed by atoms with E-state index >= 15 is 0 Å². The summed E-state index contributed by atoms with van der Waals surface area (Å²) in [5, 5.41) is 4.95. The van der Waals surface area contributed by atoms with Gasteiger partial charge in [0.2, 0.25) is 0 Å². The number of nitrogens with zero attached hydrogens (tertiary/aromatic N) is 3. The number of carbonyl (C=O) groups is 1. The molecular formula is C29H21N3O3. The van der Waals surface area contributed by atoms with Crippen LogP contribution in [0.5, 0.6) is 5.75 Å². The SMILES string of the molecule is Cc1ccc(-c2nc3ccccc3c(=O)n2N=Cc2ccccc2OC(=O)c2ccccc2)cc1. The Morgan fingerprint density at radius 3 is 2.34 bits per heavy atom. The van der Waals surface area contributed by atoms with Crippen LogP contribution in [0.25, 0.3) is 22.3 Å². The van der Waals surface area contributed by atoms with E-state index in [9.17, 15) is 9.59 Å². The molecule has 170 valence electrons. The van der Waals surface area contributed by atoms with E-state index in [0.717, 1.165) is 11.1 Å². The molecule has 0 aliphatic heterocycles. The first-order valence-corrected chi connectivity index (χ1v) is 11.1. The van der Waals surface area contributed by atoms with Crippen molar-refractivity contribution in [3.05, 3.63) is 130 Å². The van der Waals surface area contributed by atoms with Crippen LogP contribution in [-0.4, -0.2) is 21.8 Å². The second-order valence-electron chi connectivity index (χ2n) is 7.97. The predicted molar refractivity (Wildman–Crippen MR) is 137 cm³/mol. The molecule has 0 saturated heterocycles. The summed E-state index contributed by atoms with van der Waals surface area (Å²) in [6.07, 6.45) is 1.50. The first kappa shape index (κ1) is 22.0. The third-order valence-corrected chi connectivity index (χ3v) is 5.51. The van der Waals surface area contributed by atoms with Gasteiger partial charge < -0.3 is 4.74 Å². The minimum atomic E-state index is -0.476. The number of aromatic nitrogens is 2. The van der Waals surface area contributed by atoms with E-state index in [0.29, 0.717) is 33.6 Å². The Morgan fingerprint density at radius 2 is 1.54 bits per heavy atom. The third kappa shape index (κ3) is 4.63. The van der Waals surface area contributed by atoms with Gasteiger partial charge in [-0.05, 0) is 43.3 Å². The molecule has 1 heterocycles. The number of rotatable bonds is 5. The molecule has 0 spiro atoms. The molecule has 1 aromatic heterocycles. The summed E-state index contributed by atoms with van der Waals surface area (Å²) in [5.41, 5.74) is 3.15. The lowest BCUT2D eigenvalue weighted by atomic mass is 10.1. The maximum atomic E-state index is 13.4. The predicted octanol–water partition coefficient (Wildman–Crippen LogP) is 5.47. The Labute approximate surface area is 201 Å². The molecule has 6 heteroatoms. The van der Waals surface area contributed by atoms with E-state index in [-0.39, 0.29) is 5.56 Å². The molecule has 0 aliphatic rings. The molecule has 0 unspecified atom stereocenters. The molecule has 0 atom stereocenters. The van der Waals surface area contributed by atoms with Crippen LogP contribution >= 0.6 is 0 Å². The van der Waals surface area contributed by atoms with Crippen molar-refractivity contribution >= 4 is 23.1 Å². The number of para-hydroxylation sites is 2. The van der Waals surface area contributed by atoms with Crippen LogP contribution in [0.15, 0.2) is 113 Å². The van der Waals surface area contributed by atoms with Gasteiger partial charge in [0.05, 0.1) is 22.7 Å². The summed E-state index contributed by atoms with van der Waals surface area (Å²) in [5.74, 6) is 0.281. The van der Waals surface area contributed by atoms with Crippen molar-refractivity contribution in [3.63, 3.8) is 0 Å². The number of hydrogen-bond acceptors (Lipinski definition) is 5.